The largest absolute Gasteiger partial charge is 0.281 e. The molecule has 0 aliphatic heterocycles. The third-order valence-electron chi connectivity index (χ3n) is 2.47. The summed E-state index contributed by atoms with van der Waals surface area (Å²) in [6.07, 6.45) is 1.90. The van der Waals surface area contributed by atoms with E-state index in [1.54, 1.807) is 6.07 Å². The van der Waals surface area contributed by atoms with Gasteiger partial charge in [0.1, 0.15) is 0 Å². The van der Waals surface area contributed by atoms with E-state index in [9.17, 15) is 0 Å². The number of hydrogen-bond donors (Lipinski definition) is 0. The zero-order valence-corrected chi connectivity index (χ0v) is 11.0. The maximum absolute atomic E-state index is 6.06. The van der Waals surface area contributed by atoms with Crippen molar-refractivity contribution in [2.24, 2.45) is 0 Å². The van der Waals surface area contributed by atoms with Crippen LogP contribution >= 0.6 is 27.5 Å². The van der Waals surface area contributed by atoms with E-state index in [1.807, 2.05) is 40.9 Å². The topological polar surface area (TPSA) is 30.2 Å². The molecule has 0 spiro atoms. The average Bonchev–Trinajstić information content (AvgIpc) is 2.74. The molecule has 0 aliphatic carbocycles. The maximum Gasteiger partial charge on any atom is 0.179 e. The van der Waals surface area contributed by atoms with Crippen LogP contribution in [0.15, 0.2) is 47.1 Å². The fourth-order valence-electron chi connectivity index (χ4n) is 1.71. The van der Waals surface area contributed by atoms with Gasteiger partial charge in [-0.15, -0.1) is 10.2 Å². The molecule has 0 N–H and O–H groups in total. The van der Waals surface area contributed by atoms with E-state index in [0.717, 1.165) is 15.9 Å². The molecule has 2 heterocycles. The standard InChI is InChI=1S/C12H7BrClN3/c13-9-4-1-3-8(7-9)11-15-16-12-10(14)5-2-6-17(11)12/h1-7H. The van der Waals surface area contributed by atoms with E-state index in [2.05, 4.69) is 26.1 Å². The van der Waals surface area contributed by atoms with Crippen LogP contribution in [0.4, 0.5) is 0 Å². The Kier molecular flexibility index (Phi) is 2.61. The lowest BCUT2D eigenvalue weighted by molar-refractivity contribution is 1.11. The fraction of sp³-hybridized carbons (Fsp3) is 0. The van der Waals surface area contributed by atoms with Gasteiger partial charge in [0.2, 0.25) is 0 Å². The highest BCUT2D eigenvalue weighted by Crippen LogP contribution is 2.24. The molecule has 0 fully saturated rings. The second kappa shape index (κ2) is 4.13. The van der Waals surface area contributed by atoms with Crippen molar-refractivity contribution in [2.45, 2.75) is 0 Å². The van der Waals surface area contributed by atoms with Gasteiger partial charge in [-0.05, 0) is 24.3 Å². The Morgan fingerprint density at radius 3 is 2.82 bits per heavy atom. The summed E-state index contributed by atoms with van der Waals surface area (Å²) in [6, 6.07) is 11.6. The normalized spacial score (nSPS) is 10.9. The first-order chi connectivity index (χ1) is 8.25. The summed E-state index contributed by atoms with van der Waals surface area (Å²) in [5, 5.41) is 8.86. The molecule has 0 aliphatic rings. The molecule has 1 aromatic carbocycles. The number of rotatable bonds is 1. The predicted octanol–water partition coefficient (Wildman–Crippen LogP) is 3.81. The lowest BCUT2D eigenvalue weighted by Crippen LogP contribution is -1.88. The van der Waals surface area contributed by atoms with Gasteiger partial charge in [0.15, 0.2) is 11.5 Å². The minimum atomic E-state index is 0.598. The van der Waals surface area contributed by atoms with E-state index in [0.29, 0.717) is 10.7 Å². The molecule has 84 valence electrons. The van der Waals surface area contributed by atoms with Gasteiger partial charge in [0.25, 0.3) is 0 Å². The van der Waals surface area contributed by atoms with Crippen molar-refractivity contribution in [2.75, 3.05) is 0 Å². The summed E-state index contributed by atoms with van der Waals surface area (Å²) in [5.41, 5.74) is 1.67. The molecule has 0 radical (unpaired) electrons. The zero-order valence-electron chi connectivity index (χ0n) is 8.64. The smallest absolute Gasteiger partial charge is 0.179 e. The number of halogens is 2. The van der Waals surface area contributed by atoms with Crippen LogP contribution in [0.5, 0.6) is 0 Å². The first-order valence-corrected chi connectivity index (χ1v) is 6.18. The lowest BCUT2D eigenvalue weighted by Gasteiger charge is -2.00. The first-order valence-electron chi connectivity index (χ1n) is 5.01. The molecular weight excluding hydrogens is 302 g/mol. The number of benzene rings is 1. The molecule has 2 aromatic heterocycles. The maximum atomic E-state index is 6.06. The van der Waals surface area contributed by atoms with Gasteiger partial charge in [-0.25, -0.2) is 0 Å². The number of pyridine rings is 1. The van der Waals surface area contributed by atoms with Gasteiger partial charge < -0.3 is 0 Å². The summed E-state index contributed by atoms with van der Waals surface area (Å²) in [5.74, 6) is 0.781. The summed E-state index contributed by atoms with van der Waals surface area (Å²) in [4.78, 5) is 0. The Morgan fingerprint density at radius 1 is 1.12 bits per heavy atom. The van der Waals surface area contributed by atoms with Crippen molar-refractivity contribution in [1.29, 1.82) is 0 Å². The van der Waals surface area contributed by atoms with Crippen molar-refractivity contribution in [3.8, 4) is 11.4 Å². The van der Waals surface area contributed by atoms with E-state index < -0.39 is 0 Å². The highest BCUT2D eigenvalue weighted by Gasteiger charge is 2.09. The van der Waals surface area contributed by atoms with E-state index in [-0.39, 0.29) is 0 Å². The van der Waals surface area contributed by atoms with Crippen molar-refractivity contribution in [1.82, 2.24) is 14.6 Å². The van der Waals surface area contributed by atoms with Crippen LogP contribution in [-0.4, -0.2) is 14.6 Å². The van der Waals surface area contributed by atoms with Crippen molar-refractivity contribution in [3.63, 3.8) is 0 Å². The Labute approximate surface area is 111 Å². The van der Waals surface area contributed by atoms with Crippen LogP contribution in [0, 0.1) is 0 Å². The molecule has 5 heteroatoms. The van der Waals surface area contributed by atoms with E-state index in [1.165, 1.54) is 0 Å². The average molecular weight is 309 g/mol. The third-order valence-corrected chi connectivity index (χ3v) is 3.26. The third kappa shape index (κ3) is 1.83. The van der Waals surface area contributed by atoms with Crippen molar-refractivity contribution >= 4 is 33.2 Å². The quantitative estimate of drug-likeness (QED) is 0.684. The number of aromatic nitrogens is 3. The molecule has 0 bridgehead atoms. The Morgan fingerprint density at radius 2 is 2.00 bits per heavy atom. The molecule has 0 amide bonds. The van der Waals surface area contributed by atoms with Gasteiger partial charge in [-0.1, -0.05) is 39.7 Å². The highest BCUT2D eigenvalue weighted by molar-refractivity contribution is 9.10. The number of hydrogen-bond acceptors (Lipinski definition) is 2. The van der Waals surface area contributed by atoms with Crippen LogP contribution in [0.2, 0.25) is 5.02 Å². The molecular formula is C12H7BrClN3. The predicted molar refractivity (Wildman–Crippen MR) is 71.1 cm³/mol. The fourth-order valence-corrected chi connectivity index (χ4v) is 2.31. The van der Waals surface area contributed by atoms with Gasteiger partial charge in [0, 0.05) is 16.2 Å². The minimum Gasteiger partial charge on any atom is -0.281 e. The second-order valence-corrected chi connectivity index (χ2v) is 4.91. The minimum absolute atomic E-state index is 0.598. The van der Waals surface area contributed by atoms with Crippen LogP contribution in [0.25, 0.3) is 17.0 Å². The lowest BCUT2D eigenvalue weighted by atomic mass is 10.2. The summed E-state index contributed by atoms with van der Waals surface area (Å²) >= 11 is 9.50. The van der Waals surface area contributed by atoms with Crippen LogP contribution in [0.1, 0.15) is 0 Å². The van der Waals surface area contributed by atoms with Crippen molar-refractivity contribution in [3.05, 3.63) is 52.1 Å². The Balaban J connectivity index is 2.28. The number of nitrogens with zero attached hydrogens (tertiary/aromatic N) is 3. The molecule has 0 saturated carbocycles. The summed E-state index contributed by atoms with van der Waals surface area (Å²) in [7, 11) is 0. The highest BCUT2D eigenvalue weighted by atomic mass is 79.9. The van der Waals surface area contributed by atoms with Crippen molar-refractivity contribution < 1.29 is 0 Å². The summed E-state index contributed by atoms with van der Waals surface area (Å²) in [6.45, 7) is 0. The molecule has 3 nitrogen and oxygen atoms in total. The van der Waals surface area contributed by atoms with Crippen LogP contribution in [0.3, 0.4) is 0 Å². The molecule has 3 aromatic rings. The van der Waals surface area contributed by atoms with Gasteiger partial charge >= 0.3 is 0 Å². The van der Waals surface area contributed by atoms with Gasteiger partial charge in [0.05, 0.1) is 5.02 Å². The number of fused-ring (bicyclic) bond motifs is 1. The van der Waals surface area contributed by atoms with E-state index in [4.69, 9.17) is 11.6 Å². The van der Waals surface area contributed by atoms with Gasteiger partial charge in [-0.2, -0.15) is 0 Å². The van der Waals surface area contributed by atoms with Crippen LogP contribution < -0.4 is 0 Å². The monoisotopic (exact) mass is 307 g/mol. The summed E-state index contributed by atoms with van der Waals surface area (Å²) < 4.78 is 2.89. The Hall–Kier alpha value is -1.39. The zero-order chi connectivity index (χ0) is 11.8. The van der Waals surface area contributed by atoms with Crippen LogP contribution in [-0.2, 0) is 0 Å². The SMILES string of the molecule is Clc1cccn2c(-c3cccc(Br)c3)nnc12. The first kappa shape index (κ1) is 10.7. The molecule has 0 unspecified atom stereocenters. The van der Waals surface area contributed by atoms with Gasteiger partial charge in [-0.3, -0.25) is 4.40 Å². The molecule has 17 heavy (non-hydrogen) atoms. The molecule has 3 rings (SSSR count). The second-order valence-electron chi connectivity index (χ2n) is 3.58. The Bertz CT molecular complexity index is 693. The van der Waals surface area contributed by atoms with E-state index >= 15 is 0 Å². The molecule has 0 saturated heterocycles. The molecule has 0 atom stereocenters.